The Bertz CT molecular complexity index is 725. The molecule has 0 aromatic heterocycles. The molecule has 0 radical (unpaired) electrons. The van der Waals surface area contributed by atoms with Gasteiger partial charge in [-0.25, -0.2) is 4.79 Å². The first-order valence-corrected chi connectivity index (χ1v) is 10.7. The average molecular weight is 407 g/mol. The minimum Gasteiger partial charge on any atom is -0.465 e. The predicted octanol–water partition coefficient (Wildman–Crippen LogP) is 5.28. The van der Waals surface area contributed by atoms with E-state index in [-0.39, 0.29) is 29.4 Å². The molecule has 1 unspecified atom stereocenters. The number of halogens is 1. The maximum Gasteiger partial charge on any atom is 0.407 e. The molecule has 1 saturated heterocycles. The van der Waals surface area contributed by atoms with Gasteiger partial charge in [-0.05, 0) is 36.8 Å². The Morgan fingerprint density at radius 2 is 1.75 bits per heavy atom. The first-order valence-electron chi connectivity index (χ1n) is 10.3. The third-order valence-electron chi connectivity index (χ3n) is 6.16. The third kappa shape index (κ3) is 4.14. The van der Waals surface area contributed by atoms with Crippen LogP contribution in [0.3, 0.4) is 0 Å². The lowest BCUT2D eigenvalue weighted by Crippen LogP contribution is -2.57. The van der Waals surface area contributed by atoms with Gasteiger partial charge in [-0.15, -0.1) is 0 Å². The van der Waals surface area contributed by atoms with Crippen molar-refractivity contribution in [3.63, 3.8) is 0 Å². The molecule has 2 amide bonds. The Morgan fingerprint density at radius 1 is 1.11 bits per heavy atom. The number of hydrogen-bond donors (Lipinski definition) is 1. The summed E-state index contributed by atoms with van der Waals surface area (Å²) in [5.74, 6) is -0.0658. The fraction of sp³-hybridized carbons (Fsp3) is 0.636. The molecule has 1 aliphatic carbocycles. The summed E-state index contributed by atoms with van der Waals surface area (Å²) in [6.45, 7) is 6.64. The van der Waals surface area contributed by atoms with Crippen molar-refractivity contribution in [1.82, 2.24) is 9.80 Å². The highest BCUT2D eigenvalue weighted by Crippen LogP contribution is 2.39. The fourth-order valence-corrected chi connectivity index (χ4v) is 5.26. The van der Waals surface area contributed by atoms with Gasteiger partial charge in [-0.1, -0.05) is 63.8 Å². The third-order valence-corrected chi connectivity index (χ3v) is 6.49. The van der Waals surface area contributed by atoms with E-state index in [0.717, 1.165) is 25.7 Å². The van der Waals surface area contributed by atoms with Crippen LogP contribution < -0.4 is 0 Å². The van der Waals surface area contributed by atoms with Gasteiger partial charge in [-0.2, -0.15) is 0 Å². The van der Waals surface area contributed by atoms with E-state index in [4.69, 9.17) is 11.6 Å². The van der Waals surface area contributed by atoms with E-state index in [1.165, 1.54) is 11.3 Å². The van der Waals surface area contributed by atoms with Crippen molar-refractivity contribution in [2.45, 2.75) is 77.4 Å². The van der Waals surface area contributed by atoms with E-state index in [2.05, 4.69) is 20.8 Å². The molecule has 1 N–H and O–H groups in total. The second kappa shape index (κ2) is 8.32. The second-order valence-electron chi connectivity index (χ2n) is 9.13. The summed E-state index contributed by atoms with van der Waals surface area (Å²) in [7, 11) is 0. The zero-order chi connectivity index (χ0) is 20.5. The fourth-order valence-electron chi connectivity index (χ4n) is 5.05. The normalized spacial score (nSPS) is 23.6. The summed E-state index contributed by atoms with van der Waals surface area (Å²) in [5.41, 5.74) is 0.240. The highest BCUT2D eigenvalue weighted by Gasteiger charge is 2.49. The molecule has 0 bridgehead atoms. The van der Waals surface area contributed by atoms with E-state index in [1.807, 2.05) is 17.0 Å². The van der Waals surface area contributed by atoms with Crippen LogP contribution in [0.25, 0.3) is 0 Å². The van der Waals surface area contributed by atoms with E-state index in [1.54, 1.807) is 12.1 Å². The molecule has 154 valence electrons. The predicted molar refractivity (Wildman–Crippen MR) is 111 cm³/mol. The molecule has 2 aliphatic rings. The van der Waals surface area contributed by atoms with Crippen LogP contribution in [0.15, 0.2) is 24.3 Å². The van der Waals surface area contributed by atoms with Crippen LogP contribution in [-0.4, -0.2) is 51.6 Å². The lowest BCUT2D eigenvalue weighted by atomic mass is 9.80. The van der Waals surface area contributed by atoms with Crippen LogP contribution in [-0.2, 0) is 0 Å². The molecule has 6 heteroatoms. The molecule has 1 saturated carbocycles. The van der Waals surface area contributed by atoms with Crippen molar-refractivity contribution >= 4 is 23.6 Å². The van der Waals surface area contributed by atoms with Gasteiger partial charge in [0.25, 0.3) is 5.91 Å². The summed E-state index contributed by atoms with van der Waals surface area (Å²) in [5, 5.41) is 10.2. The van der Waals surface area contributed by atoms with E-state index in [9.17, 15) is 14.7 Å². The monoisotopic (exact) mass is 406 g/mol. The smallest absolute Gasteiger partial charge is 0.407 e. The number of likely N-dealkylation sites (tertiary alicyclic amines) is 1. The molecule has 2 atom stereocenters. The Hall–Kier alpha value is -1.75. The topological polar surface area (TPSA) is 60.9 Å². The summed E-state index contributed by atoms with van der Waals surface area (Å²) in [4.78, 5) is 29.1. The van der Waals surface area contributed by atoms with Gasteiger partial charge in [0.05, 0.1) is 22.7 Å². The average Bonchev–Trinajstić information content (AvgIpc) is 3.08. The SMILES string of the molecule is CC(C)(C)C1[C@@H](N(C(=O)c2ccccc2Cl)C2CCCCC2)CCN1C(=O)O. The summed E-state index contributed by atoms with van der Waals surface area (Å²) in [6, 6.07) is 6.94. The second-order valence-corrected chi connectivity index (χ2v) is 9.53. The van der Waals surface area contributed by atoms with Gasteiger partial charge in [-0.3, -0.25) is 4.79 Å². The van der Waals surface area contributed by atoms with Crippen LogP contribution in [0.4, 0.5) is 4.79 Å². The maximum absolute atomic E-state index is 13.7. The highest BCUT2D eigenvalue weighted by molar-refractivity contribution is 6.33. The summed E-state index contributed by atoms with van der Waals surface area (Å²) < 4.78 is 0. The number of carbonyl (C=O) groups excluding carboxylic acids is 1. The van der Waals surface area contributed by atoms with Crippen molar-refractivity contribution in [2.24, 2.45) is 5.41 Å². The first kappa shape index (κ1) is 21.0. The maximum atomic E-state index is 13.7. The molecule has 1 aliphatic heterocycles. The Morgan fingerprint density at radius 3 is 2.32 bits per heavy atom. The molecule has 5 nitrogen and oxygen atoms in total. The van der Waals surface area contributed by atoms with Crippen LogP contribution in [0.5, 0.6) is 0 Å². The highest BCUT2D eigenvalue weighted by atomic mass is 35.5. The van der Waals surface area contributed by atoms with Gasteiger partial charge < -0.3 is 14.9 Å². The minimum absolute atomic E-state index is 0.0658. The van der Waals surface area contributed by atoms with Crippen molar-refractivity contribution in [1.29, 1.82) is 0 Å². The van der Waals surface area contributed by atoms with Gasteiger partial charge in [0.1, 0.15) is 0 Å². The van der Waals surface area contributed by atoms with E-state index in [0.29, 0.717) is 23.6 Å². The number of carbonyl (C=O) groups is 2. The van der Waals surface area contributed by atoms with E-state index < -0.39 is 6.09 Å². The zero-order valence-electron chi connectivity index (χ0n) is 17.0. The molecule has 3 rings (SSSR count). The molecule has 1 aromatic rings. The summed E-state index contributed by atoms with van der Waals surface area (Å²) >= 11 is 6.36. The van der Waals surface area contributed by atoms with Crippen molar-refractivity contribution in [2.75, 3.05) is 6.54 Å². The Kier molecular flexibility index (Phi) is 6.23. The molecule has 0 spiro atoms. The molecular weight excluding hydrogens is 376 g/mol. The number of hydrogen-bond acceptors (Lipinski definition) is 2. The molecule has 1 heterocycles. The Labute approximate surface area is 172 Å². The molecule has 28 heavy (non-hydrogen) atoms. The van der Waals surface area contributed by atoms with Crippen molar-refractivity contribution < 1.29 is 14.7 Å². The number of rotatable bonds is 3. The number of nitrogens with zero attached hydrogens (tertiary/aromatic N) is 2. The number of amides is 2. The van der Waals surface area contributed by atoms with Gasteiger partial charge in [0, 0.05) is 12.6 Å². The van der Waals surface area contributed by atoms with Crippen LogP contribution in [0.2, 0.25) is 5.02 Å². The lowest BCUT2D eigenvalue weighted by molar-refractivity contribution is 0.0275. The number of benzene rings is 1. The first-order chi connectivity index (χ1) is 13.2. The van der Waals surface area contributed by atoms with Crippen LogP contribution >= 0.6 is 11.6 Å². The zero-order valence-corrected chi connectivity index (χ0v) is 17.8. The van der Waals surface area contributed by atoms with Gasteiger partial charge >= 0.3 is 6.09 Å². The van der Waals surface area contributed by atoms with Crippen molar-refractivity contribution in [3.05, 3.63) is 34.9 Å². The molecular formula is C22H31ClN2O3. The van der Waals surface area contributed by atoms with Crippen LogP contribution in [0.1, 0.15) is 69.7 Å². The Balaban J connectivity index is 2.02. The standard InChI is InChI=1S/C22H31ClN2O3/c1-22(2,3)19-18(13-14-24(19)21(27)28)25(15-9-5-4-6-10-15)20(26)16-11-7-8-12-17(16)23/h7-8,11-12,15,18-19H,4-6,9-10,13-14H2,1-3H3,(H,27,28)/t18-,19?/m0/s1. The lowest BCUT2D eigenvalue weighted by Gasteiger charge is -2.45. The summed E-state index contributed by atoms with van der Waals surface area (Å²) in [6.07, 6.45) is 5.10. The van der Waals surface area contributed by atoms with Gasteiger partial charge in [0.15, 0.2) is 0 Å². The quantitative estimate of drug-likeness (QED) is 0.742. The molecule has 2 fully saturated rings. The largest absolute Gasteiger partial charge is 0.465 e. The number of carboxylic acid groups (broad SMARTS) is 1. The van der Waals surface area contributed by atoms with Crippen LogP contribution in [0, 0.1) is 5.41 Å². The van der Waals surface area contributed by atoms with Gasteiger partial charge in [0.2, 0.25) is 0 Å². The van der Waals surface area contributed by atoms with Crippen molar-refractivity contribution in [3.8, 4) is 0 Å². The minimum atomic E-state index is -0.906. The van der Waals surface area contributed by atoms with E-state index >= 15 is 0 Å². The molecule has 1 aromatic carbocycles.